The summed E-state index contributed by atoms with van der Waals surface area (Å²) >= 11 is 0. The van der Waals surface area contributed by atoms with Crippen LogP contribution in [0.15, 0.2) is 24.4 Å². The lowest BCUT2D eigenvalue weighted by atomic mass is 10.1. The topological polar surface area (TPSA) is 110 Å². The standard InChI is InChI=1S/C18H23N5O4/c1-18(2,3)27-17(24)20-12-5-4-8-22(11-12)16-10-19-15-9-13(23(25)26)6-7-14(15)21-16/h6-7,9-10,12H,4-5,8,11H2,1-3H3,(H,20,24)/t12-/m1/s1. The number of non-ortho nitro benzene ring substituents is 1. The Labute approximate surface area is 156 Å². The highest BCUT2D eigenvalue weighted by Crippen LogP contribution is 2.22. The fourth-order valence-electron chi connectivity index (χ4n) is 3.03. The van der Waals surface area contributed by atoms with Gasteiger partial charge in [0.1, 0.15) is 11.4 Å². The molecule has 9 heteroatoms. The summed E-state index contributed by atoms with van der Waals surface area (Å²) < 4.78 is 5.32. The minimum absolute atomic E-state index is 0.0100. The molecule has 1 fully saturated rings. The van der Waals surface area contributed by atoms with Crippen molar-refractivity contribution in [2.24, 2.45) is 0 Å². The van der Waals surface area contributed by atoms with Gasteiger partial charge in [-0.2, -0.15) is 0 Å². The Kier molecular flexibility index (Phi) is 5.11. The fraction of sp³-hybridized carbons (Fsp3) is 0.500. The highest BCUT2D eigenvalue weighted by molar-refractivity contribution is 5.78. The van der Waals surface area contributed by atoms with Gasteiger partial charge in [-0.1, -0.05) is 0 Å². The number of fused-ring (bicyclic) bond motifs is 1. The molecule has 9 nitrogen and oxygen atoms in total. The number of rotatable bonds is 3. The van der Waals surface area contributed by atoms with Gasteiger partial charge in [0.25, 0.3) is 5.69 Å². The van der Waals surface area contributed by atoms with E-state index in [0.717, 1.165) is 19.4 Å². The number of ether oxygens (including phenoxy) is 1. The van der Waals surface area contributed by atoms with Gasteiger partial charge in [0.2, 0.25) is 0 Å². The van der Waals surface area contributed by atoms with E-state index < -0.39 is 16.6 Å². The average Bonchev–Trinajstić information content (AvgIpc) is 2.59. The summed E-state index contributed by atoms with van der Waals surface area (Å²) in [5.41, 5.74) is 0.531. The minimum atomic E-state index is -0.537. The van der Waals surface area contributed by atoms with Crippen molar-refractivity contribution in [1.82, 2.24) is 15.3 Å². The number of nitrogens with zero attached hydrogens (tertiary/aromatic N) is 4. The summed E-state index contributed by atoms with van der Waals surface area (Å²) in [5, 5.41) is 13.8. The van der Waals surface area contributed by atoms with E-state index in [1.54, 1.807) is 12.3 Å². The molecule has 1 amide bonds. The predicted molar refractivity (Wildman–Crippen MR) is 101 cm³/mol. The Balaban J connectivity index is 1.71. The van der Waals surface area contributed by atoms with Gasteiger partial charge in [0, 0.05) is 31.3 Å². The number of alkyl carbamates (subject to hydrolysis) is 1. The van der Waals surface area contributed by atoms with Crippen LogP contribution in [0.5, 0.6) is 0 Å². The zero-order valence-electron chi connectivity index (χ0n) is 15.6. The van der Waals surface area contributed by atoms with Gasteiger partial charge < -0.3 is 15.0 Å². The number of carbonyl (C=O) groups is 1. The summed E-state index contributed by atoms with van der Waals surface area (Å²) in [6.07, 6.45) is 2.96. The lowest BCUT2D eigenvalue weighted by Gasteiger charge is -2.34. The van der Waals surface area contributed by atoms with Crippen LogP contribution in [0, 0.1) is 10.1 Å². The van der Waals surface area contributed by atoms with Gasteiger partial charge in [0.05, 0.1) is 22.2 Å². The lowest BCUT2D eigenvalue weighted by molar-refractivity contribution is -0.384. The van der Waals surface area contributed by atoms with Crippen LogP contribution in [0.2, 0.25) is 0 Å². The van der Waals surface area contributed by atoms with E-state index in [4.69, 9.17) is 4.74 Å². The number of hydrogen-bond acceptors (Lipinski definition) is 7. The fourth-order valence-corrected chi connectivity index (χ4v) is 3.03. The Morgan fingerprint density at radius 2 is 2.15 bits per heavy atom. The number of aromatic nitrogens is 2. The molecule has 0 unspecified atom stereocenters. The molecule has 1 aromatic carbocycles. The first-order valence-corrected chi connectivity index (χ1v) is 8.87. The van der Waals surface area contributed by atoms with Crippen molar-refractivity contribution in [2.75, 3.05) is 18.0 Å². The molecule has 2 heterocycles. The molecule has 0 spiro atoms. The molecule has 0 bridgehead atoms. The second kappa shape index (κ2) is 7.34. The second-order valence-corrected chi connectivity index (χ2v) is 7.59. The van der Waals surface area contributed by atoms with E-state index in [-0.39, 0.29) is 11.7 Å². The van der Waals surface area contributed by atoms with Crippen molar-refractivity contribution < 1.29 is 14.5 Å². The molecule has 1 aliphatic heterocycles. The average molecular weight is 373 g/mol. The van der Waals surface area contributed by atoms with Crippen molar-refractivity contribution in [3.63, 3.8) is 0 Å². The molecule has 0 aliphatic carbocycles. The molecule has 27 heavy (non-hydrogen) atoms. The molecule has 2 aromatic rings. The van der Waals surface area contributed by atoms with Crippen molar-refractivity contribution in [3.8, 4) is 0 Å². The number of nitro benzene ring substituents is 1. The van der Waals surface area contributed by atoms with Crippen molar-refractivity contribution >= 4 is 28.6 Å². The number of benzene rings is 1. The van der Waals surface area contributed by atoms with Crippen LogP contribution in [0.1, 0.15) is 33.6 Å². The number of hydrogen-bond donors (Lipinski definition) is 1. The molecule has 1 atom stereocenters. The van der Waals surface area contributed by atoms with Gasteiger partial charge >= 0.3 is 6.09 Å². The maximum absolute atomic E-state index is 12.0. The lowest BCUT2D eigenvalue weighted by Crippen LogP contribution is -2.49. The molecule has 3 rings (SSSR count). The number of anilines is 1. The highest BCUT2D eigenvalue weighted by atomic mass is 16.6. The zero-order valence-corrected chi connectivity index (χ0v) is 15.6. The third-order valence-corrected chi connectivity index (χ3v) is 4.19. The molecule has 144 valence electrons. The maximum Gasteiger partial charge on any atom is 0.407 e. The number of amides is 1. The monoisotopic (exact) mass is 373 g/mol. The molecule has 0 radical (unpaired) electrons. The molecular formula is C18H23N5O4. The van der Waals surface area contributed by atoms with Crippen LogP contribution in [-0.2, 0) is 4.74 Å². The van der Waals surface area contributed by atoms with E-state index >= 15 is 0 Å². The van der Waals surface area contributed by atoms with Gasteiger partial charge in [-0.15, -0.1) is 0 Å². The normalized spacial score (nSPS) is 17.6. The van der Waals surface area contributed by atoms with Crippen LogP contribution in [-0.4, -0.2) is 45.7 Å². The van der Waals surface area contributed by atoms with Gasteiger partial charge in [0.15, 0.2) is 0 Å². The quantitative estimate of drug-likeness (QED) is 0.650. The van der Waals surface area contributed by atoms with Crippen LogP contribution < -0.4 is 10.2 Å². The minimum Gasteiger partial charge on any atom is -0.444 e. The Bertz CT molecular complexity index is 864. The molecule has 1 saturated heterocycles. The molecule has 0 saturated carbocycles. The summed E-state index contributed by atoms with van der Waals surface area (Å²) in [6, 6.07) is 4.39. The third-order valence-electron chi connectivity index (χ3n) is 4.19. The van der Waals surface area contributed by atoms with E-state index in [2.05, 4.69) is 20.2 Å². The summed E-state index contributed by atoms with van der Waals surface area (Å²) in [4.78, 5) is 33.4. The van der Waals surface area contributed by atoms with Crippen LogP contribution in [0.25, 0.3) is 11.0 Å². The largest absolute Gasteiger partial charge is 0.444 e. The Hall–Kier alpha value is -2.97. The molecule has 1 aromatic heterocycles. The zero-order chi connectivity index (χ0) is 19.6. The molecule has 1 aliphatic rings. The third kappa shape index (κ3) is 4.81. The van der Waals surface area contributed by atoms with E-state index in [9.17, 15) is 14.9 Å². The summed E-state index contributed by atoms with van der Waals surface area (Å²) in [7, 11) is 0. The predicted octanol–water partition coefficient (Wildman–Crippen LogP) is 3.03. The highest BCUT2D eigenvalue weighted by Gasteiger charge is 2.25. The molecule has 1 N–H and O–H groups in total. The van der Waals surface area contributed by atoms with Crippen molar-refractivity contribution in [2.45, 2.75) is 45.3 Å². The Morgan fingerprint density at radius 3 is 2.85 bits per heavy atom. The van der Waals surface area contributed by atoms with Gasteiger partial charge in [-0.05, 0) is 39.7 Å². The van der Waals surface area contributed by atoms with Crippen LogP contribution in [0.3, 0.4) is 0 Å². The Morgan fingerprint density at radius 1 is 1.37 bits per heavy atom. The molecular weight excluding hydrogens is 350 g/mol. The van der Waals surface area contributed by atoms with Gasteiger partial charge in [-0.25, -0.2) is 9.78 Å². The number of nitro groups is 1. The van der Waals surface area contributed by atoms with Crippen molar-refractivity contribution in [3.05, 3.63) is 34.5 Å². The summed E-state index contributed by atoms with van der Waals surface area (Å²) in [5.74, 6) is 0.687. The number of carbonyl (C=O) groups excluding carboxylic acids is 1. The first-order valence-electron chi connectivity index (χ1n) is 8.87. The smallest absolute Gasteiger partial charge is 0.407 e. The number of nitrogens with one attached hydrogen (secondary N) is 1. The first-order chi connectivity index (χ1) is 12.7. The maximum atomic E-state index is 12.0. The van der Waals surface area contributed by atoms with Crippen LogP contribution in [0.4, 0.5) is 16.3 Å². The SMILES string of the molecule is CC(C)(C)OC(=O)N[C@@H]1CCCN(c2cnc3cc([N+](=O)[O-])ccc3n2)C1. The van der Waals surface area contributed by atoms with E-state index in [0.29, 0.717) is 23.4 Å². The van der Waals surface area contributed by atoms with Crippen LogP contribution >= 0.6 is 0 Å². The van der Waals surface area contributed by atoms with E-state index in [1.165, 1.54) is 12.1 Å². The first kappa shape index (κ1) is 18.8. The summed E-state index contributed by atoms with van der Waals surface area (Å²) in [6.45, 7) is 6.89. The van der Waals surface area contributed by atoms with E-state index in [1.807, 2.05) is 20.8 Å². The number of piperidine rings is 1. The van der Waals surface area contributed by atoms with Gasteiger partial charge in [-0.3, -0.25) is 15.1 Å². The second-order valence-electron chi connectivity index (χ2n) is 7.59. The van der Waals surface area contributed by atoms with Crippen molar-refractivity contribution in [1.29, 1.82) is 0 Å².